The number of ether oxygens (including phenoxy) is 2. The standard InChI is InChI=1S/C38H52BrN3O7/c1-4-6-20-29(44)40-25(3)32(26-16-10-7-11-17-26)48-37(47)30-31-35(45)42(22-14-9-15-23-43)34(38(31)24-28(39)33(30)49-38)36(46)41(21-5-2)27-18-12-8-13-19-27/h4-5,7,10-11,16-17,25,27-28,30-34,43H,1-2,6,8-9,12-15,18-24H2,3H3,(H,40,44)/t25-,28?,30+,31-,32-,33+,34+,38-/m0/s1. The second-order valence-corrected chi connectivity index (χ2v) is 15.2. The molecule has 10 nitrogen and oxygen atoms in total. The van der Waals surface area contributed by atoms with Gasteiger partial charge in [-0.1, -0.05) is 77.7 Å². The van der Waals surface area contributed by atoms with E-state index in [4.69, 9.17) is 9.47 Å². The molecule has 8 atom stereocenters. The number of aliphatic hydroxyl groups is 1. The molecule has 3 amide bonds. The molecule has 1 spiro atoms. The number of carbonyl (C=O) groups is 4. The van der Waals surface area contributed by atoms with Crippen LogP contribution < -0.4 is 5.32 Å². The van der Waals surface area contributed by atoms with E-state index in [0.29, 0.717) is 50.8 Å². The lowest BCUT2D eigenvalue weighted by molar-refractivity contribution is -0.162. The first-order valence-electron chi connectivity index (χ1n) is 18.0. The van der Waals surface area contributed by atoms with Gasteiger partial charge in [0.15, 0.2) is 0 Å². The zero-order valence-corrected chi connectivity index (χ0v) is 30.2. The van der Waals surface area contributed by atoms with E-state index < -0.39 is 47.7 Å². The first-order chi connectivity index (χ1) is 23.7. The number of benzene rings is 1. The Bertz CT molecular complexity index is 1350. The number of likely N-dealkylation sites (tertiary alicyclic amines) is 1. The van der Waals surface area contributed by atoms with Crippen molar-refractivity contribution >= 4 is 39.6 Å². The van der Waals surface area contributed by atoms with Gasteiger partial charge in [0.2, 0.25) is 17.7 Å². The zero-order chi connectivity index (χ0) is 35.1. The highest BCUT2D eigenvalue weighted by Gasteiger charge is 2.77. The third kappa shape index (κ3) is 7.69. The fourth-order valence-corrected chi connectivity index (χ4v) is 9.48. The van der Waals surface area contributed by atoms with Crippen LogP contribution in [0.3, 0.4) is 0 Å². The van der Waals surface area contributed by atoms with Crippen LogP contribution >= 0.6 is 15.9 Å². The fraction of sp³-hybridized carbons (Fsp3) is 0.632. The van der Waals surface area contributed by atoms with Gasteiger partial charge in [0.25, 0.3) is 0 Å². The lowest BCUT2D eigenvalue weighted by Gasteiger charge is -2.41. The van der Waals surface area contributed by atoms with E-state index in [-0.39, 0.29) is 41.6 Å². The van der Waals surface area contributed by atoms with Gasteiger partial charge in [-0.3, -0.25) is 19.2 Å². The summed E-state index contributed by atoms with van der Waals surface area (Å²) in [6.45, 7) is 10.2. The van der Waals surface area contributed by atoms with Crippen LogP contribution in [0, 0.1) is 11.8 Å². The topological polar surface area (TPSA) is 125 Å². The van der Waals surface area contributed by atoms with Crippen LogP contribution in [0.15, 0.2) is 55.6 Å². The fourth-order valence-electron chi connectivity index (χ4n) is 8.54. The first kappa shape index (κ1) is 37.2. The van der Waals surface area contributed by atoms with Gasteiger partial charge in [-0.05, 0) is 57.4 Å². The molecule has 1 aliphatic carbocycles. The first-order valence-corrected chi connectivity index (χ1v) is 18.9. The van der Waals surface area contributed by atoms with Crippen LogP contribution in [-0.4, -0.2) is 93.0 Å². The monoisotopic (exact) mass is 741 g/mol. The number of hydrogen-bond acceptors (Lipinski definition) is 7. The van der Waals surface area contributed by atoms with Crippen molar-refractivity contribution < 1.29 is 33.8 Å². The molecule has 2 N–H and O–H groups in total. The smallest absolute Gasteiger partial charge is 0.313 e. The maximum absolute atomic E-state index is 14.8. The molecule has 268 valence electrons. The molecule has 5 rings (SSSR count). The quantitative estimate of drug-likeness (QED) is 0.0997. The molecular weight excluding hydrogens is 690 g/mol. The molecule has 1 saturated carbocycles. The van der Waals surface area contributed by atoms with Gasteiger partial charge in [0.1, 0.15) is 17.7 Å². The van der Waals surface area contributed by atoms with Crippen LogP contribution in [-0.2, 0) is 28.7 Å². The zero-order valence-electron chi connectivity index (χ0n) is 28.6. The molecule has 1 aromatic rings. The summed E-state index contributed by atoms with van der Waals surface area (Å²) in [5.74, 6) is -3.03. The lowest BCUT2D eigenvalue weighted by atomic mass is 9.70. The number of allylic oxidation sites excluding steroid dienone is 1. The minimum Gasteiger partial charge on any atom is -0.455 e. The molecule has 0 aromatic heterocycles. The van der Waals surface area contributed by atoms with Crippen LogP contribution in [0.5, 0.6) is 0 Å². The van der Waals surface area contributed by atoms with Gasteiger partial charge < -0.3 is 29.7 Å². The molecule has 3 saturated heterocycles. The molecule has 1 unspecified atom stereocenters. The van der Waals surface area contributed by atoms with Crippen LogP contribution in [0.2, 0.25) is 0 Å². The van der Waals surface area contributed by atoms with E-state index in [1.165, 1.54) is 0 Å². The molecule has 0 radical (unpaired) electrons. The molecule has 4 aliphatic rings. The average molecular weight is 743 g/mol. The van der Waals surface area contributed by atoms with Gasteiger partial charge >= 0.3 is 5.97 Å². The summed E-state index contributed by atoms with van der Waals surface area (Å²) in [4.78, 5) is 59.8. The molecular formula is C38H52BrN3O7. The number of fused-ring (bicyclic) bond motifs is 1. The largest absolute Gasteiger partial charge is 0.455 e. The Morgan fingerprint density at radius 3 is 2.55 bits per heavy atom. The van der Waals surface area contributed by atoms with Crippen molar-refractivity contribution in [1.82, 2.24) is 15.1 Å². The maximum atomic E-state index is 14.8. The number of hydrogen-bond donors (Lipinski definition) is 2. The number of aliphatic hydroxyl groups excluding tert-OH is 1. The number of esters is 1. The van der Waals surface area contributed by atoms with Crippen molar-refractivity contribution in [2.24, 2.45) is 11.8 Å². The average Bonchev–Trinajstić information content (AvgIpc) is 3.70. The summed E-state index contributed by atoms with van der Waals surface area (Å²) < 4.78 is 13.0. The third-order valence-electron chi connectivity index (χ3n) is 10.8. The number of halogens is 1. The van der Waals surface area contributed by atoms with E-state index in [1.807, 2.05) is 35.2 Å². The van der Waals surface area contributed by atoms with Crippen LogP contribution in [0.25, 0.3) is 0 Å². The van der Waals surface area contributed by atoms with Crippen LogP contribution in [0.1, 0.15) is 89.2 Å². The van der Waals surface area contributed by atoms with E-state index in [2.05, 4.69) is 34.4 Å². The number of nitrogens with one attached hydrogen (secondary N) is 1. The summed E-state index contributed by atoms with van der Waals surface area (Å²) in [5, 5.41) is 12.4. The SMILES string of the molecule is C=CCCC(=O)N[C@@H](C)[C@H](OC(=O)[C@H]1[C@@H]2O[C@@]3(CC2Br)[C@@H]1C(=O)N(CCCCCO)[C@@H]3C(=O)N(CC=C)C1CCCCC1)c1ccccc1. The number of amides is 3. The molecule has 49 heavy (non-hydrogen) atoms. The highest BCUT2D eigenvalue weighted by atomic mass is 79.9. The number of unbranched alkanes of at least 4 members (excludes halogenated alkanes) is 2. The predicted octanol–water partition coefficient (Wildman–Crippen LogP) is 5.00. The second kappa shape index (κ2) is 16.8. The number of nitrogens with zero attached hydrogens (tertiary/aromatic N) is 2. The summed E-state index contributed by atoms with van der Waals surface area (Å²) in [6.07, 6.45) is 10.1. The summed E-state index contributed by atoms with van der Waals surface area (Å²) in [7, 11) is 0. The second-order valence-electron chi connectivity index (χ2n) is 14.0. The third-order valence-corrected chi connectivity index (χ3v) is 11.6. The Morgan fingerprint density at radius 2 is 1.88 bits per heavy atom. The van der Waals surface area contributed by atoms with Gasteiger partial charge in [-0.15, -0.1) is 13.2 Å². The van der Waals surface area contributed by atoms with Crippen molar-refractivity contribution in [3.8, 4) is 0 Å². The molecule has 1 aromatic carbocycles. The minimum atomic E-state index is -1.20. The van der Waals surface area contributed by atoms with Crippen molar-refractivity contribution in [2.45, 2.75) is 118 Å². The summed E-state index contributed by atoms with van der Waals surface area (Å²) in [5.41, 5.74) is -0.487. The van der Waals surface area contributed by atoms with Crippen molar-refractivity contribution in [3.05, 3.63) is 61.2 Å². The number of carbonyl (C=O) groups excluding carboxylic acids is 4. The summed E-state index contributed by atoms with van der Waals surface area (Å²) in [6, 6.07) is 7.85. The highest BCUT2D eigenvalue weighted by Crippen LogP contribution is 2.60. The Balaban J connectivity index is 1.46. The predicted molar refractivity (Wildman–Crippen MR) is 189 cm³/mol. The molecule has 3 aliphatic heterocycles. The Labute approximate surface area is 298 Å². The molecule has 2 bridgehead atoms. The van der Waals surface area contributed by atoms with Gasteiger partial charge in [-0.2, -0.15) is 0 Å². The normalized spacial score (nSPS) is 28.8. The molecule has 3 heterocycles. The summed E-state index contributed by atoms with van der Waals surface area (Å²) >= 11 is 3.77. The number of rotatable bonds is 17. The van der Waals surface area contributed by atoms with Gasteiger partial charge in [0, 0.05) is 37.0 Å². The Morgan fingerprint density at radius 1 is 1.14 bits per heavy atom. The Hall–Kier alpha value is -3.02. The van der Waals surface area contributed by atoms with Crippen molar-refractivity contribution in [3.63, 3.8) is 0 Å². The van der Waals surface area contributed by atoms with Crippen LogP contribution in [0.4, 0.5) is 0 Å². The van der Waals surface area contributed by atoms with E-state index in [9.17, 15) is 24.3 Å². The Kier molecular flexibility index (Phi) is 12.8. The van der Waals surface area contributed by atoms with Gasteiger partial charge in [0.05, 0.1) is 24.0 Å². The van der Waals surface area contributed by atoms with Gasteiger partial charge in [-0.25, -0.2) is 0 Å². The van der Waals surface area contributed by atoms with E-state index in [0.717, 1.165) is 32.1 Å². The number of alkyl halides is 1. The minimum absolute atomic E-state index is 0.0509. The van der Waals surface area contributed by atoms with Crippen molar-refractivity contribution in [1.29, 1.82) is 0 Å². The molecule has 4 fully saturated rings. The maximum Gasteiger partial charge on any atom is 0.313 e. The molecule has 11 heteroatoms. The highest BCUT2D eigenvalue weighted by molar-refractivity contribution is 9.09. The van der Waals surface area contributed by atoms with E-state index in [1.54, 1.807) is 24.0 Å². The lowest BCUT2D eigenvalue weighted by Crippen LogP contribution is -2.58. The van der Waals surface area contributed by atoms with Crippen molar-refractivity contribution in [2.75, 3.05) is 19.7 Å². The van der Waals surface area contributed by atoms with E-state index >= 15 is 0 Å².